The fraction of sp³-hybridized carbons (Fsp3) is 0.500. The molecule has 22 heavy (non-hydrogen) atoms. The molecule has 1 amide bonds. The number of hydrogen-bond acceptors (Lipinski definition) is 5. The Kier molecular flexibility index (Phi) is 6.21. The normalized spacial score (nSPS) is 19.0. The van der Waals surface area contributed by atoms with E-state index >= 15 is 0 Å². The molecule has 1 unspecified atom stereocenters. The number of nitrogens with one attached hydrogen (secondary N) is 1. The minimum absolute atomic E-state index is 0.0922. The van der Waals surface area contributed by atoms with Crippen molar-refractivity contribution in [1.29, 1.82) is 0 Å². The average Bonchev–Trinajstić information content (AvgIpc) is 2.59. The number of alkyl carbamates (subject to hydrolysis) is 1. The summed E-state index contributed by atoms with van der Waals surface area (Å²) >= 11 is 0. The molecule has 1 aromatic rings. The van der Waals surface area contributed by atoms with E-state index in [1.165, 1.54) is 7.11 Å². The summed E-state index contributed by atoms with van der Waals surface area (Å²) in [6.45, 7) is 1.27. The molecule has 1 aliphatic heterocycles. The van der Waals surface area contributed by atoms with Crippen LogP contribution in [0.1, 0.15) is 18.4 Å². The Balaban J connectivity index is 1.88. The van der Waals surface area contributed by atoms with E-state index in [4.69, 9.17) is 14.2 Å². The van der Waals surface area contributed by atoms with Crippen LogP contribution in [0.25, 0.3) is 0 Å². The Labute approximate surface area is 129 Å². The Bertz CT molecular complexity index is 485. The zero-order valence-electron chi connectivity index (χ0n) is 12.6. The lowest BCUT2D eigenvalue weighted by atomic mass is 9.94. The van der Waals surface area contributed by atoms with Gasteiger partial charge in [0.1, 0.15) is 12.6 Å². The van der Waals surface area contributed by atoms with Gasteiger partial charge in [-0.2, -0.15) is 0 Å². The van der Waals surface area contributed by atoms with Crippen LogP contribution >= 0.6 is 0 Å². The number of ether oxygens (including phenoxy) is 3. The van der Waals surface area contributed by atoms with E-state index < -0.39 is 18.1 Å². The molecule has 1 fully saturated rings. The Morgan fingerprint density at radius 1 is 1.36 bits per heavy atom. The van der Waals surface area contributed by atoms with E-state index in [1.54, 1.807) is 0 Å². The van der Waals surface area contributed by atoms with Gasteiger partial charge in [-0.3, -0.25) is 0 Å². The summed E-state index contributed by atoms with van der Waals surface area (Å²) in [4.78, 5) is 23.8. The maximum absolute atomic E-state index is 11.9. The van der Waals surface area contributed by atoms with Crippen molar-refractivity contribution in [2.75, 3.05) is 20.3 Å². The third kappa shape index (κ3) is 4.73. The molecule has 1 aliphatic rings. The maximum Gasteiger partial charge on any atom is 0.408 e. The molecule has 1 N–H and O–H groups in total. The molecule has 6 nitrogen and oxygen atoms in total. The summed E-state index contributed by atoms with van der Waals surface area (Å²) < 4.78 is 15.3. The minimum atomic E-state index is -0.742. The smallest absolute Gasteiger partial charge is 0.408 e. The van der Waals surface area contributed by atoms with Gasteiger partial charge < -0.3 is 19.5 Å². The first-order valence-corrected chi connectivity index (χ1v) is 7.33. The molecule has 0 bridgehead atoms. The Morgan fingerprint density at radius 3 is 2.77 bits per heavy atom. The molecular formula is C16H21NO5. The second-order valence-electron chi connectivity index (χ2n) is 5.18. The van der Waals surface area contributed by atoms with Crippen molar-refractivity contribution in [2.24, 2.45) is 5.92 Å². The van der Waals surface area contributed by atoms with E-state index in [2.05, 4.69) is 5.32 Å². The summed E-state index contributed by atoms with van der Waals surface area (Å²) in [5.41, 5.74) is 0.883. The summed E-state index contributed by atoms with van der Waals surface area (Å²) in [5, 5.41) is 2.59. The van der Waals surface area contributed by atoms with Gasteiger partial charge in [-0.05, 0) is 18.4 Å². The predicted molar refractivity (Wildman–Crippen MR) is 79.1 cm³/mol. The van der Waals surface area contributed by atoms with Crippen molar-refractivity contribution in [3.63, 3.8) is 0 Å². The lowest BCUT2D eigenvalue weighted by molar-refractivity contribution is -0.146. The molecule has 0 radical (unpaired) electrons. The first-order chi connectivity index (χ1) is 10.7. The Morgan fingerprint density at radius 2 is 2.14 bits per heavy atom. The van der Waals surface area contributed by atoms with Crippen molar-refractivity contribution < 1.29 is 23.8 Å². The fourth-order valence-electron chi connectivity index (χ4n) is 2.42. The third-order valence-corrected chi connectivity index (χ3v) is 3.61. The number of hydrogen-bond donors (Lipinski definition) is 1. The highest BCUT2D eigenvalue weighted by atomic mass is 16.6. The second-order valence-corrected chi connectivity index (χ2v) is 5.18. The first kappa shape index (κ1) is 16.3. The summed E-state index contributed by atoms with van der Waals surface area (Å²) in [5.74, 6) is -0.572. The molecule has 1 saturated heterocycles. The molecule has 0 aromatic heterocycles. The van der Waals surface area contributed by atoms with E-state index in [0.717, 1.165) is 18.4 Å². The van der Waals surface area contributed by atoms with Crippen molar-refractivity contribution in [1.82, 2.24) is 5.32 Å². The molecule has 120 valence electrons. The molecule has 6 heteroatoms. The van der Waals surface area contributed by atoms with Gasteiger partial charge in [-0.15, -0.1) is 0 Å². The topological polar surface area (TPSA) is 73.9 Å². The maximum atomic E-state index is 11.9. The summed E-state index contributed by atoms with van der Waals surface area (Å²) in [6, 6.07) is 8.61. The van der Waals surface area contributed by atoms with Gasteiger partial charge in [0, 0.05) is 12.5 Å². The van der Waals surface area contributed by atoms with Gasteiger partial charge in [0.25, 0.3) is 0 Å². The van der Waals surface area contributed by atoms with Crippen molar-refractivity contribution in [3.8, 4) is 0 Å². The summed E-state index contributed by atoms with van der Waals surface area (Å²) in [6.07, 6.45) is 1.03. The van der Waals surface area contributed by atoms with E-state index in [-0.39, 0.29) is 12.5 Å². The van der Waals surface area contributed by atoms with Crippen LogP contribution in [0.3, 0.4) is 0 Å². The van der Waals surface area contributed by atoms with Crippen LogP contribution in [-0.4, -0.2) is 38.4 Å². The van der Waals surface area contributed by atoms with Gasteiger partial charge in [0.15, 0.2) is 0 Å². The second kappa shape index (κ2) is 8.38. The highest BCUT2D eigenvalue weighted by Crippen LogP contribution is 2.18. The van der Waals surface area contributed by atoms with Gasteiger partial charge in [-0.25, -0.2) is 9.59 Å². The Hall–Kier alpha value is -2.08. The lowest BCUT2D eigenvalue weighted by Crippen LogP contribution is -2.49. The number of amides is 1. The monoisotopic (exact) mass is 307 g/mol. The lowest BCUT2D eigenvalue weighted by Gasteiger charge is -2.28. The van der Waals surface area contributed by atoms with E-state index in [9.17, 15) is 9.59 Å². The number of carbonyl (C=O) groups is 2. The summed E-state index contributed by atoms with van der Waals surface area (Å²) in [7, 11) is 1.30. The number of esters is 1. The van der Waals surface area contributed by atoms with Gasteiger partial charge in [0.2, 0.25) is 0 Å². The number of rotatable bonds is 5. The fourth-order valence-corrected chi connectivity index (χ4v) is 2.42. The largest absolute Gasteiger partial charge is 0.467 e. The predicted octanol–water partition coefficient (Wildman–Crippen LogP) is 1.88. The van der Waals surface area contributed by atoms with Crippen LogP contribution in [0.2, 0.25) is 0 Å². The van der Waals surface area contributed by atoms with Crippen molar-refractivity contribution in [3.05, 3.63) is 35.9 Å². The minimum Gasteiger partial charge on any atom is -0.467 e. The average molecular weight is 307 g/mol. The first-order valence-electron chi connectivity index (χ1n) is 7.33. The zero-order valence-corrected chi connectivity index (χ0v) is 12.6. The highest BCUT2D eigenvalue weighted by molar-refractivity contribution is 5.81. The standard InChI is InChI=1S/C16H21NO5/c1-20-15(18)14(13-8-5-9-21-11-13)17-16(19)22-10-12-6-3-2-4-7-12/h2-4,6-7,13-14H,5,8-11H2,1H3,(H,17,19)/t13-,14?/m0/s1. The van der Waals surface area contributed by atoms with Crippen LogP contribution in [0, 0.1) is 5.92 Å². The molecule has 2 atom stereocenters. The SMILES string of the molecule is COC(=O)C(NC(=O)OCc1ccccc1)[C@H]1CCCOC1. The molecule has 1 aromatic carbocycles. The van der Waals surface area contributed by atoms with Gasteiger partial charge in [-0.1, -0.05) is 30.3 Å². The number of benzene rings is 1. The van der Waals surface area contributed by atoms with E-state index in [1.807, 2.05) is 30.3 Å². The van der Waals surface area contributed by atoms with Gasteiger partial charge >= 0.3 is 12.1 Å². The van der Waals surface area contributed by atoms with Crippen LogP contribution in [0.4, 0.5) is 4.79 Å². The van der Waals surface area contributed by atoms with Crippen molar-refractivity contribution in [2.45, 2.75) is 25.5 Å². The van der Waals surface area contributed by atoms with Crippen LogP contribution in [0.5, 0.6) is 0 Å². The molecule has 1 heterocycles. The zero-order chi connectivity index (χ0) is 15.8. The van der Waals surface area contributed by atoms with Crippen LogP contribution in [-0.2, 0) is 25.6 Å². The number of carbonyl (C=O) groups excluding carboxylic acids is 2. The molecule has 0 saturated carbocycles. The van der Waals surface area contributed by atoms with Crippen molar-refractivity contribution >= 4 is 12.1 Å². The molecule has 0 spiro atoms. The number of methoxy groups -OCH3 is 1. The molecule has 0 aliphatic carbocycles. The van der Waals surface area contributed by atoms with Crippen LogP contribution < -0.4 is 5.32 Å². The third-order valence-electron chi connectivity index (χ3n) is 3.61. The molecular weight excluding hydrogens is 286 g/mol. The highest BCUT2D eigenvalue weighted by Gasteiger charge is 2.32. The van der Waals surface area contributed by atoms with Crippen LogP contribution in [0.15, 0.2) is 30.3 Å². The molecule has 2 rings (SSSR count). The van der Waals surface area contributed by atoms with Gasteiger partial charge in [0.05, 0.1) is 13.7 Å². The van der Waals surface area contributed by atoms with E-state index in [0.29, 0.717) is 13.2 Å². The quantitative estimate of drug-likeness (QED) is 0.841.